The van der Waals surface area contributed by atoms with Crippen LogP contribution < -0.4 is 16.6 Å². The average molecular weight is 278 g/mol. The van der Waals surface area contributed by atoms with Crippen molar-refractivity contribution in [1.82, 2.24) is 14.9 Å². The molecule has 1 saturated heterocycles. The van der Waals surface area contributed by atoms with E-state index in [2.05, 4.69) is 46.4 Å². The fraction of sp³-hybridized carbons (Fsp3) is 0.714. The predicted molar refractivity (Wildman–Crippen MR) is 82.7 cm³/mol. The number of aromatic nitrogens is 2. The first-order valence-electron chi connectivity index (χ1n) is 7.43. The Bertz CT molecular complexity index is 428. The van der Waals surface area contributed by atoms with Crippen molar-refractivity contribution in [2.75, 3.05) is 30.4 Å². The van der Waals surface area contributed by atoms with Gasteiger partial charge in [-0.3, -0.25) is 4.90 Å². The zero-order valence-corrected chi connectivity index (χ0v) is 12.7. The molecule has 6 nitrogen and oxygen atoms in total. The second kappa shape index (κ2) is 6.85. The Kier molecular flexibility index (Phi) is 5.14. The minimum absolute atomic E-state index is 0.312. The lowest BCUT2D eigenvalue weighted by atomic mass is 10.0. The van der Waals surface area contributed by atoms with E-state index in [9.17, 15) is 0 Å². The van der Waals surface area contributed by atoms with Crippen LogP contribution in [0.2, 0.25) is 0 Å². The summed E-state index contributed by atoms with van der Waals surface area (Å²) in [4.78, 5) is 11.1. The largest absolute Gasteiger partial charge is 0.368 e. The lowest BCUT2D eigenvalue weighted by molar-refractivity contribution is 0.269. The van der Waals surface area contributed by atoms with Crippen LogP contribution in [0.5, 0.6) is 0 Å². The van der Waals surface area contributed by atoms with E-state index in [0.717, 1.165) is 17.9 Å². The van der Waals surface area contributed by atoms with Gasteiger partial charge in [-0.2, -0.15) is 0 Å². The molecule has 1 aromatic heterocycles. The quantitative estimate of drug-likeness (QED) is 0.544. The summed E-state index contributed by atoms with van der Waals surface area (Å²) in [6.07, 6.45) is 4.18. The molecule has 0 saturated carbocycles. The van der Waals surface area contributed by atoms with E-state index in [1.807, 2.05) is 0 Å². The summed E-state index contributed by atoms with van der Waals surface area (Å²) in [5, 5.41) is 3.46. The molecule has 112 valence electrons. The smallest absolute Gasteiger partial charge is 0.148 e. The van der Waals surface area contributed by atoms with Gasteiger partial charge in [0.1, 0.15) is 18.0 Å². The molecular formula is C14H26N6. The monoisotopic (exact) mass is 278 g/mol. The molecule has 1 aliphatic heterocycles. The summed E-state index contributed by atoms with van der Waals surface area (Å²) in [5.74, 6) is 7.43. The third-order valence-corrected chi connectivity index (χ3v) is 3.93. The van der Waals surface area contributed by atoms with Crippen molar-refractivity contribution in [2.24, 2.45) is 5.84 Å². The van der Waals surface area contributed by atoms with E-state index >= 15 is 0 Å². The molecule has 0 spiro atoms. The second-order valence-corrected chi connectivity index (χ2v) is 5.76. The van der Waals surface area contributed by atoms with Crippen LogP contribution >= 0.6 is 0 Å². The molecule has 0 aliphatic carbocycles. The molecule has 1 atom stereocenters. The van der Waals surface area contributed by atoms with Crippen LogP contribution in [-0.2, 0) is 0 Å². The number of nitrogens with one attached hydrogen (secondary N) is 2. The molecule has 6 heteroatoms. The van der Waals surface area contributed by atoms with E-state index in [-0.39, 0.29) is 0 Å². The molecule has 0 bridgehead atoms. The summed E-state index contributed by atoms with van der Waals surface area (Å²) in [6.45, 7) is 9.80. The molecule has 0 amide bonds. The van der Waals surface area contributed by atoms with Crippen molar-refractivity contribution in [3.63, 3.8) is 0 Å². The highest BCUT2D eigenvalue weighted by Gasteiger charge is 2.19. The van der Waals surface area contributed by atoms with Crippen LogP contribution in [0, 0.1) is 0 Å². The summed E-state index contributed by atoms with van der Waals surface area (Å²) < 4.78 is 0. The van der Waals surface area contributed by atoms with Gasteiger partial charge in [-0.05, 0) is 38.8 Å². The van der Waals surface area contributed by atoms with Crippen LogP contribution in [0.1, 0.15) is 45.1 Å². The summed E-state index contributed by atoms with van der Waals surface area (Å²) in [6, 6.07) is 0.516. The van der Waals surface area contributed by atoms with Crippen LogP contribution in [0.4, 0.5) is 11.6 Å². The molecule has 1 aromatic rings. The standard InChI is InChI=1S/C14H26N6/c1-10(2)12-13(17-9-18-14(12)19-15)16-8-11(3)20-6-4-5-7-20/h9-11H,4-8,15H2,1-3H3,(H2,16,17,18,19). The van der Waals surface area contributed by atoms with Crippen LogP contribution in [-0.4, -0.2) is 40.5 Å². The van der Waals surface area contributed by atoms with Crippen molar-refractivity contribution in [2.45, 2.75) is 45.6 Å². The minimum atomic E-state index is 0.312. The number of hydrogen-bond acceptors (Lipinski definition) is 6. The summed E-state index contributed by atoms with van der Waals surface area (Å²) in [7, 11) is 0. The van der Waals surface area contributed by atoms with Crippen molar-refractivity contribution in [1.29, 1.82) is 0 Å². The minimum Gasteiger partial charge on any atom is -0.368 e. The molecule has 2 rings (SSSR count). The zero-order valence-electron chi connectivity index (χ0n) is 12.7. The number of hydrogen-bond donors (Lipinski definition) is 3. The molecule has 0 aromatic carbocycles. The van der Waals surface area contributed by atoms with Gasteiger partial charge in [0.05, 0.1) is 0 Å². The first-order chi connectivity index (χ1) is 9.63. The first kappa shape index (κ1) is 15.0. The normalized spacial score (nSPS) is 17.4. The Morgan fingerprint density at radius 1 is 1.20 bits per heavy atom. The van der Waals surface area contributed by atoms with Gasteiger partial charge in [0.2, 0.25) is 0 Å². The number of hydrazine groups is 1. The van der Waals surface area contributed by atoms with Gasteiger partial charge in [-0.25, -0.2) is 15.8 Å². The fourth-order valence-corrected chi connectivity index (χ4v) is 2.75. The van der Waals surface area contributed by atoms with Crippen LogP contribution in [0.25, 0.3) is 0 Å². The van der Waals surface area contributed by atoms with Gasteiger partial charge in [-0.15, -0.1) is 0 Å². The summed E-state index contributed by atoms with van der Waals surface area (Å²) in [5.41, 5.74) is 3.70. The van der Waals surface area contributed by atoms with Crippen molar-refractivity contribution in [3.05, 3.63) is 11.9 Å². The third kappa shape index (κ3) is 3.37. The number of nitrogen functional groups attached to an aromatic ring is 1. The molecule has 1 unspecified atom stereocenters. The lowest BCUT2D eigenvalue weighted by Crippen LogP contribution is -2.36. The Hall–Kier alpha value is -1.40. The lowest BCUT2D eigenvalue weighted by Gasteiger charge is -2.25. The van der Waals surface area contributed by atoms with Crippen molar-refractivity contribution in [3.8, 4) is 0 Å². The van der Waals surface area contributed by atoms with Gasteiger partial charge >= 0.3 is 0 Å². The highest BCUT2D eigenvalue weighted by atomic mass is 15.3. The van der Waals surface area contributed by atoms with Crippen LogP contribution in [0.3, 0.4) is 0 Å². The second-order valence-electron chi connectivity index (χ2n) is 5.76. The average Bonchev–Trinajstić information content (AvgIpc) is 2.98. The third-order valence-electron chi connectivity index (χ3n) is 3.93. The highest BCUT2D eigenvalue weighted by molar-refractivity contribution is 5.58. The maximum Gasteiger partial charge on any atom is 0.148 e. The Balaban J connectivity index is 2.04. The number of likely N-dealkylation sites (tertiary alicyclic amines) is 1. The molecule has 4 N–H and O–H groups in total. The van der Waals surface area contributed by atoms with E-state index in [1.54, 1.807) is 6.33 Å². The highest BCUT2D eigenvalue weighted by Crippen LogP contribution is 2.27. The van der Waals surface area contributed by atoms with E-state index in [4.69, 9.17) is 5.84 Å². The molecule has 20 heavy (non-hydrogen) atoms. The van der Waals surface area contributed by atoms with E-state index < -0.39 is 0 Å². The molecule has 2 heterocycles. The Labute approximate surface area is 121 Å². The molecule has 0 radical (unpaired) electrons. The fourth-order valence-electron chi connectivity index (χ4n) is 2.75. The number of anilines is 2. The molecule has 1 fully saturated rings. The first-order valence-corrected chi connectivity index (χ1v) is 7.43. The van der Waals surface area contributed by atoms with Crippen molar-refractivity contribution < 1.29 is 0 Å². The predicted octanol–water partition coefficient (Wildman–Crippen LogP) is 1.78. The number of rotatable bonds is 6. The van der Waals surface area contributed by atoms with E-state index in [1.165, 1.54) is 25.9 Å². The van der Waals surface area contributed by atoms with E-state index in [0.29, 0.717) is 17.8 Å². The van der Waals surface area contributed by atoms with Gasteiger partial charge < -0.3 is 10.7 Å². The maximum atomic E-state index is 5.54. The topological polar surface area (TPSA) is 79.1 Å². The van der Waals surface area contributed by atoms with Gasteiger partial charge in [0.25, 0.3) is 0 Å². The number of nitrogens with zero attached hydrogens (tertiary/aromatic N) is 3. The van der Waals surface area contributed by atoms with Gasteiger partial charge in [-0.1, -0.05) is 13.8 Å². The maximum absolute atomic E-state index is 5.54. The van der Waals surface area contributed by atoms with Crippen LogP contribution in [0.15, 0.2) is 6.33 Å². The summed E-state index contributed by atoms with van der Waals surface area (Å²) >= 11 is 0. The SMILES string of the molecule is CC(C)c1c(NN)ncnc1NCC(C)N1CCCC1. The van der Waals surface area contributed by atoms with Crippen molar-refractivity contribution >= 4 is 11.6 Å². The zero-order chi connectivity index (χ0) is 14.5. The molecular weight excluding hydrogens is 252 g/mol. The van der Waals surface area contributed by atoms with Gasteiger partial charge in [0, 0.05) is 18.2 Å². The number of nitrogens with two attached hydrogens (primary N) is 1. The Morgan fingerprint density at radius 2 is 1.85 bits per heavy atom. The molecule has 1 aliphatic rings. The van der Waals surface area contributed by atoms with Gasteiger partial charge in [0.15, 0.2) is 0 Å². The Morgan fingerprint density at radius 3 is 2.45 bits per heavy atom.